The molecule has 0 aromatic heterocycles. The highest BCUT2D eigenvalue weighted by Gasteiger charge is 2.51. The number of aliphatic hydroxyl groups is 1. The van der Waals surface area contributed by atoms with Crippen molar-refractivity contribution in [3.05, 3.63) is 65.5 Å². The Hall–Kier alpha value is -2.62. The van der Waals surface area contributed by atoms with Crippen LogP contribution < -0.4 is 0 Å². The van der Waals surface area contributed by atoms with E-state index in [1.807, 2.05) is 18.2 Å². The molecule has 2 aliphatic rings. The van der Waals surface area contributed by atoms with Crippen LogP contribution in [0.4, 0.5) is 0 Å². The van der Waals surface area contributed by atoms with E-state index < -0.39 is 11.4 Å². The third-order valence-corrected chi connectivity index (χ3v) is 4.41. The van der Waals surface area contributed by atoms with E-state index in [1.165, 1.54) is 13.2 Å². The second-order valence-electron chi connectivity index (χ2n) is 5.54. The highest BCUT2D eigenvalue weighted by atomic mass is 16.5. The quantitative estimate of drug-likeness (QED) is 0.687. The fourth-order valence-electron chi connectivity index (χ4n) is 3.38. The smallest absolute Gasteiger partial charge is 0.337 e. The number of fused-ring (bicyclic) bond motifs is 3. The van der Waals surface area contributed by atoms with Gasteiger partial charge in [0.05, 0.1) is 18.1 Å². The van der Waals surface area contributed by atoms with E-state index in [0.717, 1.165) is 11.1 Å². The normalized spacial score (nSPS) is 22.8. The minimum absolute atomic E-state index is 0.0387. The van der Waals surface area contributed by atoms with Gasteiger partial charge in [-0.25, -0.2) is 4.79 Å². The Morgan fingerprint density at radius 1 is 1.41 bits per heavy atom. The van der Waals surface area contributed by atoms with Gasteiger partial charge >= 0.3 is 5.97 Å². The Morgan fingerprint density at radius 2 is 2.09 bits per heavy atom. The van der Waals surface area contributed by atoms with Gasteiger partial charge in [0.1, 0.15) is 5.76 Å². The molecule has 1 aromatic carbocycles. The van der Waals surface area contributed by atoms with Gasteiger partial charge in [-0.05, 0) is 23.6 Å². The lowest BCUT2D eigenvalue weighted by atomic mass is 9.69. The fourth-order valence-corrected chi connectivity index (χ4v) is 3.38. The van der Waals surface area contributed by atoms with Crippen molar-refractivity contribution in [1.29, 1.82) is 0 Å². The summed E-state index contributed by atoms with van der Waals surface area (Å²) in [4.78, 5) is 24.8. The summed E-state index contributed by atoms with van der Waals surface area (Å²) in [7, 11) is 1.26. The molecule has 1 unspecified atom stereocenters. The first-order chi connectivity index (χ1) is 10.5. The average Bonchev–Trinajstić information content (AvgIpc) is 2.77. The largest absolute Gasteiger partial charge is 0.507 e. The molecule has 0 saturated heterocycles. The molecule has 0 amide bonds. The predicted octanol–water partition coefficient (Wildman–Crippen LogP) is 3.22. The molecule has 0 heterocycles. The van der Waals surface area contributed by atoms with Crippen molar-refractivity contribution in [2.24, 2.45) is 5.41 Å². The summed E-state index contributed by atoms with van der Waals surface area (Å²) in [5.41, 5.74) is 1.44. The molecule has 0 fully saturated rings. The number of ether oxygens (including phenoxy) is 1. The monoisotopic (exact) mass is 296 g/mol. The summed E-state index contributed by atoms with van der Waals surface area (Å²) in [6.45, 7) is 3.74. The molecule has 0 aliphatic heterocycles. The van der Waals surface area contributed by atoms with Gasteiger partial charge in [0.25, 0.3) is 0 Å². The molecule has 4 heteroatoms. The first-order valence-electron chi connectivity index (χ1n) is 7.03. The van der Waals surface area contributed by atoms with Crippen LogP contribution in [0.5, 0.6) is 0 Å². The molecule has 3 rings (SSSR count). The topological polar surface area (TPSA) is 63.6 Å². The van der Waals surface area contributed by atoms with Crippen LogP contribution in [0.15, 0.2) is 54.3 Å². The number of methoxy groups -OCH3 is 1. The Kier molecular flexibility index (Phi) is 3.24. The highest BCUT2D eigenvalue weighted by molar-refractivity contribution is 6.18. The Bertz CT molecular complexity index is 754. The molecule has 0 saturated carbocycles. The van der Waals surface area contributed by atoms with Gasteiger partial charge < -0.3 is 9.84 Å². The number of Topliss-reactive ketones (excluding diaryl/α,β-unsaturated/α-hetero) is 1. The van der Waals surface area contributed by atoms with Crippen LogP contribution in [-0.4, -0.2) is 24.0 Å². The van der Waals surface area contributed by atoms with Gasteiger partial charge in [-0.1, -0.05) is 30.3 Å². The van der Waals surface area contributed by atoms with Crippen molar-refractivity contribution in [2.45, 2.75) is 12.8 Å². The summed E-state index contributed by atoms with van der Waals surface area (Å²) in [6.07, 6.45) is 3.72. The van der Waals surface area contributed by atoms with E-state index in [9.17, 15) is 14.7 Å². The standard InChI is InChI=1S/C18H16O4/c1-3-8-18-10-13(17(21)22-2)15(19)9-14(18)11-6-4-5-7-12(11)16(18)20/h3-7,9,19H,1,8,10H2,2H3. The van der Waals surface area contributed by atoms with Crippen LogP contribution >= 0.6 is 0 Å². The van der Waals surface area contributed by atoms with Gasteiger partial charge in [-0.2, -0.15) is 0 Å². The van der Waals surface area contributed by atoms with Crippen LogP contribution in [0.2, 0.25) is 0 Å². The molecular weight excluding hydrogens is 280 g/mol. The van der Waals surface area contributed by atoms with Gasteiger partial charge in [0.2, 0.25) is 0 Å². The van der Waals surface area contributed by atoms with E-state index in [1.54, 1.807) is 12.1 Å². The lowest BCUT2D eigenvalue weighted by Gasteiger charge is -2.32. The zero-order valence-corrected chi connectivity index (χ0v) is 12.3. The molecule has 4 nitrogen and oxygen atoms in total. The molecule has 1 N–H and O–H groups in total. The third-order valence-electron chi connectivity index (χ3n) is 4.41. The van der Waals surface area contributed by atoms with Crippen LogP contribution in [0.25, 0.3) is 5.57 Å². The van der Waals surface area contributed by atoms with Crippen molar-refractivity contribution in [1.82, 2.24) is 0 Å². The van der Waals surface area contributed by atoms with Crippen LogP contribution in [0.1, 0.15) is 28.8 Å². The number of carbonyl (C=O) groups is 2. The second kappa shape index (κ2) is 4.98. The van der Waals surface area contributed by atoms with Gasteiger partial charge in [0, 0.05) is 12.0 Å². The zero-order chi connectivity index (χ0) is 15.9. The van der Waals surface area contributed by atoms with Crippen molar-refractivity contribution in [3.63, 3.8) is 0 Å². The Morgan fingerprint density at radius 3 is 2.73 bits per heavy atom. The number of carbonyl (C=O) groups excluding carboxylic acids is 2. The number of ketones is 1. The molecule has 1 aromatic rings. The third kappa shape index (κ3) is 1.77. The van der Waals surface area contributed by atoms with E-state index in [-0.39, 0.29) is 23.5 Å². The second-order valence-corrected chi connectivity index (χ2v) is 5.54. The van der Waals surface area contributed by atoms with Crippen molar-refractivity contribution >= 4 is 17.3 Å². The van der Waals surface area contributed by atoms with Gasteiger partial charge in [-0.15, -0.1) is 6.58 Å². The molecule has 1 atom stereocenters. The minimum atomic E-state index is -0.874. The van der Waals surface area contributed by atoms with Crippen molar-refractivity contribution in [2.75, 3.05) is 7.11 Å². The zero-order valence-electron chi connectivity index (χ0n) is 12.3. The molecule has 0 radical (unpaired) electrons. The van der Waals surface area contributed by atoms with Crippen LogP contribution in [0.3, 0.4) is 0 Å². The Balaban J connectivity index is 2.24. The summed E-state index contributed by atoms with van der Waals surface area (Å²) in [5, 5.41) is 10.2. The number of hydrogen-bond acceptors (Lipinski definition) is 4. The van der Waals surface area contributed by atoms with Gasteiger partial charge in [0.15, 0.2) is 5.78 Å². The number of hydrogen-bond donors (Lipinski definition) is 1. The SMILES string of the molecule is C=CCC12CC(C(=O)OC)=C(O)C=C1c1ccccc1C2=O. The van der Waals surface area contributed by atoms with E-state index in [4.69, 9.17) is 4.74 Å². The first-order valence-corrected chi connectivity index (χ1v) is 7.03. The molecule has 22 heavy (non-hydrogen) atoms. The maximum atomic E-state index is 13.0. The number of allylic oxidation sites excluding steroid dienone is 3. The number of esters is 1. The molecule has 112 valence electrons. The van der Waals surface area contributed by atoms with Crippen LogP contribution in [-0.2, 0) is 9.53 Å². The average molecular weight is 296 g/mol. The van der Waals surface area contributed by atoms with E-state index >= 15 is 0 Å². The summed E-state index contributed by atoms with van der Waals surface area (Å²) < 4.78 is 4.72. The number of rotatable bonds is 3. The Labute approximate surface area is 128 Å². The molecular formula is C18H16O4. The van der Waals surface area contributed by atoms with E-state index in [0.29, 0.717) is 12.0 Å². The molecule has 0 spiro atoms. The van der Waals surface area contributed by atoms with Gasteiger partial charge in [-0.3, -0.25) is 4.79 Å². The lowest BCUT2D eigenvalue weighted by Crippen LogP contribution is -2.31. The minimum Gasteiger partial charge on any atom is -0.507 e. The van der Waals surface area contributed by atoms with E-state index in [2.05, 4.69) is 6.58 Å². The molecule has 0 bridgehead atoms. The molecule has 2 aliphatic carbocycles. The van der Waals surface area contributed by atoms with Crippen molar-refractivity contribution < 1.29 is 19.4 Å². The summed E-state index contributed by atoms with van der Waals surface area (Å²) in [5.74, 6) is -0.783. The number of aliphatic hydroxyl groups excluding tert-OH is 1. The van der Waals surface area contributed by atoms with Crippen LogP contribution in [0, 0.1) is 5.41 Å². The summed E-state index contributed by atoms with van der Waals surface area (Å²) in [6, 6.07) is 7.30. The maximum Gasteiger partial charge on any atom is 0.337 e. The predicted molar refractivity (Wildman–Crippen MR) is 82.3 cm³/mol. The fraction of sp³-hybridized carbons (Fsp3) is 0.222. The van der Waals surface area contributed by atoms with Crippen molar-refractivity contribution in [3.8, 4) is 0 Å². The lowest BCUT2D eigenvalue weighted by molar-refractivity contribution is -0.136. The number of benzene rings is 1. The summed E-state index contributed by atoms with van der Waals surface area (Å²) >= 11 is 0. The maximum absolute atomic E-state index is 13.0. The first kappa shape index (κ1) is 14.3. The highest BCUT2D eigenvalue weighted by Crippen LogP contribution is 2.55.